The van der Waals surface area contributed by atoms with E-state index in [1.165, 1.54) is 11.8 Å². The van der Waals surface area contributed by atoms with Crippen LogP contribution in [0.5, 0.6) is 0 Å². The number of rotatable bonds is 4. The third-order valence-electron chi connectivity index (χ3n) is 1.95. The van der Waals surface area contributed by atoms with Crippen LogP contribution in [0.25, 0.3) is 10.1 Å². The summed E-state index contributed by atoms with van der Waals surface area (Å²) in [6.07, 6.45) is 1.73. The van der Waals surface area contributed by atoms with E-state index < -0.39 is 10.0 Å². The van der Waals surface area contributed by atoms with Gasteiger partial charge in [-0.1, -0.05) is 0 Å². The Morgan fingerprint density at radius 1 is 1.44 bits per heavy atom. The van der Waals surface area contributed by atoms with Crippen molar-refractivity contribution in [1.29, 1.82) is 0 Å². The number of sulfonamides is 1. The highest BCUT2D eigenvalue weighted by molar-refractivity contribution is 8.00. The van der Waals surface area contributed by atoms with Crippen LogP contribution < -0.4 is 5.14 Å². The van der Waals surface area contributed by atoms with Gasteiger partial charge in [0.1, 0.15) is 5.03 Å². The van der Waals surface area contributed by atoms with Crippen molar-refractivity contribution in [1.82, 2.24) is 4.98 Å². The Balaban J connectivity index is 2.12. The van der Waals surface area contributed by atoms with Crippen LogP contribution in [0, 0.1) is 0 Å². The molecule has 0 fully saturated rings. The molecule has 2 N–H and O–H groups in total. The van der Waals surface area contributed by atoms with Gasteiger partial charge < -0.3 is 0 Å². The number of thiophene rings is 1. The number of thioether (sulfide) groups is 1. The first-order valence-electron chi connectivity index (χ1n) is 4.52. The van der Waals surface area contributed by atoms with E-state index in [0.717, 1.165) is 15.1 Å². The van der Waals surface area contributed by atoms with Crippen molar-refractivity contribution in [3.8, 4) is 0 Å². The molecule has 0 amide bonds. The predicted molar refractivity (Wildman–Crippen MR) is 68.3 cm³/mol. The topological polar surface area (TPSA) is 73.1 Å². The van der Waals surface area contributed by atoms with Gasteiger partial charge in [-0.05, 0) is 17.5 Å². The van der Waals surface area contributed by atoms with Gasteiger partial charge in [-0.2, -0.15) is 0 Å². The van der Waals surface area contributed by atoms with E-state index in [1.54, 1.807) is 17.5 Å². The molecule has 0 aliphatic carbocycles. The zero-order valence-electron chi connectivity index (χ0n) is 8.29. The molecule has 0 aliphatic heterocycles. The van der Waals surface area contributed by atoms with Crippen LogP contribution in [-0.2, 0) is 10.0 Å². The number of hydrogen-bond donors (Lipinski definition) is 1. The average Bonchev–Trinajstić information content (AvgIpc) is 2.64. The van der Waals surface area contributed by atoms with Gasteiger partial charge in [-0.25, -0.2) is 18.5 Å². The molecule has 0 unspecified atom stereocenters. The molecule has 2 heterocycles. The molecule has 0 spiro atoms. The molecular weight excluding hydrogens is 264 g/mol. The Labute approximate surface area is 102 Å². The Morgan fingerprint density at radius 2 is 2.25 bits per heavy atom. The molecule has 0 saturated carbocycles. The van der Waals surface area contributed by atoms with Crippen LogP contribution in [0.3, 0.4) is 0 Å². The molecule has 0 saturated heterocycles. The van der Waals surface area contributed by atoms with Crippen molar-refractivity contribution in [2.45, 2.75) is 5.03 Å². The Morgan fingerprint density at radius 3 is 3.00 bits per heavy atom. The summed E-state index contributed by atoms with van der Waals surface area (Å²) in [5.74, 6) is 0.403. The average molecular weight is 274 g/mol. The fraction of sp³-hybridized carbons (Fsp3) is 0.222. The van der Waals surface area contributed by atoms with Crippen molar-refractivity contribution in [2.75, 3.05) is 11.5 Å². The summed E-state index contributed by atoms with van der Waals surface area (Å²) in [7, 11) is -3.38. The van der Waals surface area contributed by atoms with E-state index in [-0.39, 0.29) is 5.75 Å². The van der Waals surface area contributed by atoms with Crippen LogP contribution in [-0.4, -0.2) is 24.9 Å². The van der Waals surface area contributed by atoms with E-state index >= 15 is 0 Å². The van der Waals surface area contributed by atoms with Crippen molar-refractivity contribution >= 4 is 43.2 Å². The lowest BCUT2D eigenvalue weighted by molar-refractivity contribution is 0.599. The summed E-state index contributed by atoms with van der Waals surface area (Å²) in [6, 6.07) is 3.94. The number of primary sulfonamides is 1. The van der Waals surface area contributed by atoms with Gasteiger partial charge in [0.15, 0.2) is 0 Å². The standard InChI is InChI=1S/C9H10N2O2S3/c10-16(12,13)6-5-15-9-7-2-4-14-8(7)1-3-11-9/h1-4H,5-6H2,(H2,10,12,13). The number of pyridine rings is 1. The van der Waals surface area contributed by atoms with Crippen LogP contribution in [0.4, 0.5) is 0 Å². The van der Waals surface area contributed by atoms with Crippen molar-refractivity contribution < 1.29 is 8.42 Å². The minimum absolute atomic E-state index is 0.0279. The lowest BCUT2D eigenvalue weighted by Gasteiger charge is -2.01. The smallest absolute Gasteiger partial charge is 0.209 e. The molecule has 16 heavy (non-hydrogen) atoms. The maximum atomic E-state index is 10.8. The van der Waals surface area contributed by atoms with Gasteiger partial charge in [0.05, 0.1) is 5.75 Å². The largest absolute Gasteiger partial charge is 0.249 e. The molecule has 2 aromatic rings. The third-order valence-corrected chi connectivity index (χ3v) is 4.87. The molecule has 0 radical (unpaired) electrons. The first kappa shape index (κ1) is 11.8. The van der Waals surface area contributed by atoms with Gasteiger partial charge in [0.2, 0.25) is 10.0 Å². The second-order valence-electron chi connectivity index (χ2n) is 3.16. The van der Waals surface area contributed by atoms with E-state index in [4.69, 9.17) is 5.14 Å². The van der Waals surface area contributed by atoms with Gasteiger partial charge in [-0.15, -0.1) is 23.1 Å². The van der Waals surface area contributed by atoms with Crippen molar-refractivity contribution in [2.24, 2.45) is 5.14 Å². The lowest BCUT2D eigenvalue weighted by Crippen LogP contribution is -2.17. The molecular formula is C9H10N2O2S3. The normalized spacial score (nSPS) is 12.1. The van der Waals surface area contributed by atoms with Gasteiger partial charge in [-0.3, -0.25) is 0 Å². The van der Waals surface area contributed by atoms with Gasteiger partial charge >= 0.3 is 0 Å². The van der Waals surface area contributed by atoms with Crippen molar-refractivity contribution in [3.05, 3.63) is 23.7 Å². The second kappa shape index (κ2) is 4.70. The zero-order valence-corrected chi connectivity index (χ0v) is 10.7. The number of aromatic nitrogens is 1. The summed E-state index contributed by atoms with van der Waals surface area (Å²) in [6.45, 7) is 0. The third kappa shape index (κ3) is 2.94. The van der Waals surface area contributed by atoms with Crippen LogP contribution in [0.2, 0.25) is 0 Å². The van der Waals surface area contributed by atoms with Crippen LogP contribution >= 0.6 is 23.1 Å². The molecule has 0 aromatic carbocycles. The molecule has 0 bridgehead atoms. The maximum absolute atomic E-state index is 10.8. The SMILES string of the molecule is NS(=O)(=O)CCSc1nccc2sccc12. The van der Waals surface area contributed by atoms with E-state index in [9.17, 15) is 8.42 Å². The number of fused-ring (bicyclic) bond motifs is 1. The molecule has 0 aliphatic rings. The Kier molecular flexibility index (Phi) is 3.48. The fourth-order valence-corrected chi connectivity index (χ4v) is 4.01. The summed E-state index contributed by atoms with van der Waals surface area (Å²) in [5.41, 5.74) is 0. The summed E-state index contributed by atoms with van der Waals surface area (Å²) in [4.78, 5) is 4.23. The second-order valence-corrected chi connectivity index (χ2v) is 6.93. The molecule has 86 valence electrons. The number of nitrogens with zero attached hydrogens (tertiary/aromatic N) is 1. The van der Waals surface area contributed by atoms with Gasteiger partial charge in [0.25, 0.3) is 0 Å². The monoisotopic (exact) mass is 274 g/mol. The highest BCUT2D eigenvalue weighted by Gasteiger charge is 2.07. The zero-order chi connectivity index (χ0) is 11.6. The highest BCUT2D eigenvalue weighted by atomic mass is 32.2. The van der Waals surface area contributed by atoms with Crippen LogP contribution in [0.15, 0.2) is 28.7 Å². The fourth-order valence-electron chi connectivity index (χ4n) is 1.24. The van der Waals surface area contributed by atoms with Crippen LogP contribution in [0.1, 0.15) is 0 Å². The first-order valence-corrected chi connectivity index (χ1v) is 8.10. The molecule has 7 heteroatoms. The van der Waals surface area contributed by atoms with E-state index in [1.807, 2.05) is 17.5 Å². The number of nitrogens with two attached hydrogens (primary N) is 1. The highest BCUT2D eigenvalue weighted by Crippen LogP contribution is 2.28. The predicted octanol–water partition coefficient (Wildman–Crippen LogP) is 1.68. The summed E-state index contributed by atoms with van der Waals surface area (Å²) >= 11 is 3.06. The summed E-state index contributed by atoms with van der Waals surface area (Å²) < 4.78 is 22.7. The first-order chi connectivity index (χ1) is 7.56. The molecule has 4 nitrogen and oxygen atoms in total. The van der Waals surface area contributed by atoms with Crippen molar-refractivity contribution in [3.63, 3.8) is 0 Å². The van der Waals surface area contributed by atoms with E-state index in [2.05, 4.69) is 4.98 Å². The summed E-state index contributed by atoms with van der Waals surface area (Å²) in [5, 5.41) is 8.87. The van der Waals surface area contributed by atoms with Gasteiger partial charge in [0, 0.05) is 22.0 Å². The molecule has 2 rings (SSSR count). The molecule has 0 atom stereocenters. The Hall–Kier alpha value is -0.630. The number of hydrogen-bond acceptors (Lipinski definition) is 5. The van der Waals surface area contributed by atoms with E-state index in [0.29, 0.717) is 5.75 Å². The maximum Gasteiger partial charge on any atom is 0.209 e. The lowest BCUT2D eigenvalue weighted by atomic mass is 10.3. The minimum Gasteiger partial charge on any atom is -0.249 e. The Bertz CT molecular complexity index is 592. The minimum atomic E-state index is -3.38. The molecule has 2 aromatic heterocycles. The quantitative estimate of drug-likeness (QED) is 0.861.